The summed E-state index contributed by atoms with van der Waals surface area (Å²) in [7, 11) is 0. The molecule has 0 aliphatic carbocycles. The Hall–Kier alpha value is -2.49. The first-order chi connectivity index (χ1) is 13.7. The van der Waals surface area contributed by atoms with E-state index in [1.54, 1.807) is 12.1 Å². The fourth-order valence-electron chi connectivity index (χ4n) is 4.82. The van der Waals surface area contributed by atoms with Crippen LogP contribution in [0.3, 0.4) is 0 Å². The number of piperazine rings is 1. The van der Waals surface area contributed by atoms with Crippen molar-refractivity contribution in [2.45, 2.75) is 31.5 Å². The Kier molecular flexibility index (Phi) is 4.50. The molecule has 6 rings (SSSR count). The summed E-state index contributed by atoms with van der Waals surface area (Å²) >= 11 is 0. The third-order valence-electron chi connectivity index (χ3n) is 6.15. The Morgan fingerprint density at radius 1 is 0.893 bits per heavy atom. The summed E-state index contributed by atoms with van der Waals surface area (Å²) in [5.74, 6) is 0.430. The first kappa shape index (κ1) is 17.6. The molecule has 3 heterocycles. The van der Waals surface area contributed by atoms with Gasteiger partial charge in [-0.25, -0.2) is 4.39 Å². The van der Waals surface area contributed by atoms with E-state index in [1.807, 2.05) is 6.07 Å². The van der Waals surface area contributed by atoms with Gasteiger partial charge in [0.15, 0.2) is 0 Å². The molecule has 0 aromatic heterocycles. The van der Waals surface area contributed by atoms with Gasteiger partial charge in [-0.2, -0.15) is 0 Å². The highest BCUT2D eigenvalue weighted by Gasteiger charge is 2.46. The van der Waals surface area contributed by atoms with Crippen molar-refractivity contribution in [2.75, 3.05) is 13.1 Å². The van der Waals surface area contributed by atoms with Crippen molar-refractivity contribution in [1.29, 1.82) is 0 Å². The molecule has 3 aromatic rings. The number of hydrogen-bond donors (Lipinski definition) is 1. The van der Waals surface area contributed by atoms with Gasteiger partial charge < -0.3 is 5.32 Å². The first-order valence-electron chi connectivity index (χ1n) is 10.1. The minimum Gasteiger partial charge on any atom is -0.307 e. The third-order valence-corrected chi connectivity index (χ3v) is 6.15. The molecule has 2 nitrogen and oxygen atoms in total. The number of halogens is 1. The van der Waals surface area contributed by atoms with E-state index < -0.39 is 0 Å². The van der Waals surface area contributed by atoms with Crippen LogP contribution < -0.4 is 5.32 Å². The molecule has 0 radical (unpaired) electrons. The lowest BCUT2D eigenvalue weighted by atomic mass is 9.74. The fourth-order valence-corrected chi connectivity index (χ4v) is 4.82. The van der Waals surface area contributed by atoms with Crippen LogP contribution in [0.2, 0.25) is 0 Å². The Morgan fingerprint density at radius 3 is 2.36 bits per heavy atom. The molecule has 28 heavy (non-hydrogen) atoms. The van der Waals surface area contributed by atoms with Crippen molar-refractivity contribution in [3.63, 3.8) is 0 Å². The molecule has 3 aliphatic heterocycles. The summed E-state index contributed by atoms with van der Waals surface area (Å²) in [6.07, 6.45) is 0. The Labute approximate surface area is 166 Å². The molecule has 1 N–H and O–H groups in total. The quantitative estimate of drug-likeness (QED) is 0.712. The minimum atomic E-state index is -0.149. The zero-order valence-corrected chi connectivity index (χ0v) is 16.1. The topological polar surface area (TPSA) is 15.3 Å². The Morgan fingerprint density at radius 2 is 1.64 bits per heavy atom. The summed E-state index contributed by atoms with van der Waals surface area (Å²) in [4.78, 5) is 2.44. The predicted molar refractivity (Wildman–Crippen MR) is 112 cm³/mol. The fraction of sp³-hybridized carbons (Fsp3) is 0.280. The standard InChI is InChI=1S/C25H25FN2/c1-17-4-2-6-21(12-17)19-8-10-20(11-9-19)25-23-15-28(16-24(25)27-23)14-18-5-3-7-22(26)13-18/h2-13,23-25,27H,14-16H2,1H3/t23-,24+,25?. The maximum atomic E-state index is 13.4. The summed E-state index contributed by atoms with van der Waals surface area (Å²) in [6, 6.07) is 25.7. The molecule has 3 atom stereocenters. The van der Waals surface area contributed by atoms with Crippen LogP contribution in [0, 0.1) is 12.7 Å². The highest BCUT2D eigenvalue weighted by atomic mass is 19.1. The summed E-state index contributed by atoms with van der Waals surface area (Å²) in [5, 5.41) is 3.69. The second-order valence-corrected chi connectivity index (χ2v) is 8.22. The van der Waals surface area contributed by atoms with Gasteiger partial charge >= 0.3 is 0 Å². The van der Waals surface area contributed by atoms with E-state index in [-0.39, 0.29) is 5.82 Å². The van der Waals surface area contributed by atoms with Crippen molar-refractivity contribution in [3.8, 4) is 11.1 Å². The predicted octanol–water partition coefficient (Wildman–Crippen LogP) is 4.74. The van der Waals surface area contributed by atoms with E-state index in [4.69, 9.17) is 0 Å². The van der Waals surface area contributed by atoms with E-state index in [1.165, 1.54) is 28.3 Å². The smallest absolute Gasteiger partial charge is 0.123 e. The molecule has 3 heteroatoms. The van der Waals surface area contributed by atoms with Crippen LogP contribution in [-0.4, -0.2) is 30.1 Å². The molecule has 3 fully saturated rings. The molecule has 3 saturated heterocycles. The summed E-state index contributed by atoms with van der Waals surface area (Å²) < 4.78 is 13.4. The van der Waals surface area contributed by atoms with E-state index >= 15 is 0 Å². The van der Waals surface area contributed by atoms with Gasteiger partial charge in [0.1, 0.15) is 5.82 Å². The molecule has 1 unspecified atom stereocenters. The lowest BCUT2D eigenvalue weighted by Gasteiger charge is -2.55. The van der Waals surface area contributed by atoms with Gasteiger partial charge in [-0.15, -0.1) is 0 Å². The van der Waals surface area contributed by atoms with E-state index in [0.717, 1.165) is 25.2 Å². The molecule has 0 saturated carbocycles. The normalized spacial score (nSPS) is 24.0. The van der Waals surface area contributed by atoms with Gasteiger partial charge in [-0.05, 0) is 41.3 Å². The monoisotopic (exact) mass is 372 g/mol. The maximum absolute atomic E-state index is 13.4. The Bertz CT molecular complexity index is 970. The number of aryl methyl sites for hydroxylation is 1. The molecule has 3 aromatic carbocycles. The number of nitrogens with one attached hydrogen (secondary N) is 1. The molecule has 142 valence electrons. The molecule has 0 amide bonds. The first-order valence-corrected chi connectivity index (χ1v) is 10.1. The van der Waals surface area contributed by atoms with Gasteiger partial charge in [-0.1, -0.05) is 66.2 Å². The van der Waals surface area contributed by atoms with Crippen LogP contribution in [0.25, 0.3) is 11.1 Å². The highest BCUT2D eigenvalue weighted by Crippen LogP contribution is 2.38. The third kappa shape index (κ3) is 3.36. The van der Waals surface area contributed by atoms with Crippen LogP contribution in [0.15, 0.2) is 72.8 Å². The lowest BCUT2D eigenvalue weighted by Crippen LogP contribution is -2.71. The van der Waals surface area contributed by atoms with Crippen molar-refractivity contribution in [3.05, 3.63) is 95.3 Å². The number of piperidine rings is 1. The summed E-state index contributed by atoms with van der Waals surface area (Å²) in [6.45, 7) is 4.98. The van der Waals surface area contributed by atoms with Crippen LogP contribution in [-0.2, 0) is 6.54 Å². The molecular weight excluding hydrogens is 347 g/mol. The number of rotatable bonds is 4. The van der Waals surface area contributed by atoms with Gasteiger partial charge in [0.2, 0.25) is 0 Å². The van der Waals surface area contributed by atoms with Gasteiger partial charge in [0, 0.05) is 37.6 Å². The largest absolute Gasteiger partial charge is 0.307 e. The second kappa shape index (κ2) is 7.16. The summed E-state index contributed by atoms with van der Waals surface area (Å²) in [5.41, 5.74) is 6.32. The highest BCUT2D eigenvalue weighted by molar-refractivity contribution is 5.64. The van der Waals surface area contributed by atoms with E-state index in [0.29, 0.717) is 18.0 Å². The van der Waals surface area contributed by atoms with E-state index in [9.17, 15) is 4.39 Å². The maximum Gasteiger partial charge on any atom is 0.123 e. The zero-order valence-electron chi connectivity index (χ0n) is 16.1. The average Bonchev–Trinajstić information content (AvgIpc) is 2.68. The van der Waals surface area contributed by atoms with Gasteiger partial charge in [0.05, 0.1) is 0 Å². The van der Waals surface area contributed by atoms with E-state index in [2.05, 4.69) is 65.7 Å². The van der Waals surface area contributed by atoms with Gasteiger partial charge in [0.25, 0.3) is 0 Å². The van der Waals surface area contributed by atoms with Crippen LogP contribution in [0.4, 0.5) is 4.39 Å². The van der Waals surface area contributed by atoms with Crippen molar-refractivity contribution >= 4 is 0 Å². The van der Waals surface area contributed by atoms with Crippen molar-refractivity contribution in [1.82, 2.24) is 10.2 Å². The lowest BCUT2D eigenvalue weighted by molar-refractivity contribution is 0.0470. The molecular formula is C25H25FN2. The molecule has 2 bridgehead atoms. The number of hydrogen-bond acceptors (Lipinski definition) is 2. The number of benzene rings is 3. The average molecular weight is 372 g/mol. The van der Waals surface area contributed by atoms with Crippen LogP contribution in [0.5, 0.6) is 0 Å². The zero-order chi connectivity index (χ0) is 19.1. The van der Waals surface area contributed by atoms with Crippen LogP contribution in [0.1, 0.15) is 22.6 Å². The molecule has 3 aliphatic rings. The van der Waals surface area contributed by atoms with Crippen molar-refractivity contribution in [2.24, 2.45) is 0 Å². The number of fused-ring (bicyclic) bond motifs is 2. The molecule has 0 spiro atoms. The van der Waals surface area contributed by atoms with Crippen molar-refractivity contribution < 1.29 is 4.39 Å². The Balaban J connectivity index is 1.26. The minimum absolute atomic E-state index is 0.149. The second-order valence-electron chi connectivity index (χ2n) is 8.22. The number of nitrogens with zero attached hydrogens (tertiary/aromatic N) is 1. The van der Waals surface area contributed by atoms with Crippen LogP contribution >= 0.6 is 0 Å². The van der Waals surface area contributed by atoms with Gasteiger partial charge in [-0.3, -0.25) is 4.90 Å². The SMILES string of the molecule is Cc1cccc(-c2ccc(C3[C@@H]4CN(Cc5cccc(F)c5)C[C@H]3N4)cc2)c1.